The zero-order valence-corrected chi connectivity index (χ0v) is 12.1. The molecule has 2 heterocycles. The van der Waals surface area contributed by atoms with Crippen molar-refractivity contribution in [1.82, 2.24) is 30.0 Å². The predicted octanol–water partition coefficient (Wildman–Crippen LogP) is 0.664. The van der Waals surface area contributed by atoms with Crippen molar-refractivity contribution in [3.8, 4) is 5.95 Å². The maximum atomic E-state index is 11.6. The highest BCUT2D eigenvalue weighted by atomic mass is 16.6. The Hall–Kier alpha value is -2.71. The lowest BCUT2D eigenvalue weighted by molar-refractivity contribution is 0.0522. The van der Waals surface area contributed by atoms with Crippen LogP contribution in [0.3, 0.4) is 0 Å². The molecule has 0 saturated heterocycles. The smallest absolute Gasteiger partial charge is 0.408 e. The van der Waals surface area contributed by atoms with Crippen LogP contribution in [0.1, 0.15) is 26.6 Å². The topological polar surface area (TPSA) is 121 Å². The fourth-order valence-electron chi connectivity index (χ4n) is 1.50. The number of ether oxygens (including phenoxy) is 1. The number of alkyl carbamates (subject to hydrolysis) is 1. The Morgan fingerprint density at radius 2 is 2.05 bits per heavy atom. The fraction of sp³-hybridized carbons (Fsp3) is 0.417. The van der Waals surface area contributed by atoms with Gasteiger partial charge in [0.1, 0.15) is 5.60 Å². The van der Waals surface area contributed by atoms with Crippen LogP contribution >= 0.6 is 0 Å². The van der Waals surface area contributed by atoms with Gasteiger partial charge in [0, 0.05) is 12.4 Å². The molecule has 9 heteroatoms. The van der Waals surface area contributed by atoms with E-state index in [9.17, 15) is 4.79 Å². The number of nitrogen functional groups attached to an aromatic ring is 1. The second-order valence-electron chi connectivity index (χ2n) is 5.20. The van der Waals surface area contributed by atoms with E-state index in [1.54, 1.807) is 39.2 Å². The summed E-state index contributed by atoms with van der Waals surface area (Å²) < 4.78 is 6.51. The summed E-state index contributed by atoms with van der Waals surface area (Å²) in [5.74, 6) is 0.802. The molecule has 2 rings (SSSR count). The molecule has 0 aliphatic heterocycles. The van der Waals surface area contributed by atoms with Crippen molar-refractivity contribution in [3.63, 3.8) is 0 Å². The molecule has 112 valence electrons. The van der Waals surface area contributed by atoms with E-state index in [4.69, 9.17) is 10.5 Å². The van der Waals surface area contributed by atoms with Crippen LogP contribution in [0.4, 0.5) is 10.7 Å². The van der Waals surface area contributed by atoms with Gasteiger partial charge < -0.3 is 15.8 Å². The van der Waals surface area contributed by atoms with Crippen LogP contribution in [0.15, 0.2) is 18.5 Å². The molecule has 0 unspecified atom stereocenters. The summed E-state index contributed by atoms with van der Waals surface area (Å²) >= 11 is 0. The first-order valence-corrected chi connectivity index (χ1v) is 6.31. The Labute approximate surface area is 121 Å². The minimum Gasteiger partial charge on any atom is -0.444 e. The summed E-state index contributed by atoms with van der Waals surface area (Å²) in [5, 5.41) is 6.58. The van der Waals surface area contributed by atoms with Gasteiger partial charge in [0.25, 0.3) is 5.95 Å². The van der Waals surface area contributed by atoms with Gasteiger partial charge in [-0.05, 0) is 26.8 Å². The molecular weight excluding hydrogens is 274 g/mol. The minimum absolute atomic E-state index is 0.0726. The van der Waals surface area contributed by atoms with Crippen LogP contribution in [0.2, 0.25) is 0 Å². The third-order valence-electron chi connectivity index (χ3n) is 2.22. The van der Waals surface area contributed by atoms with Crippen molar-refractivity contribution in [2.45, 2.75) is 32.9 Å². The summed E-state index contributed by atoms with van der Waals surface area (Å²) in [6, 6.07) is 1.68. The summed E-state index contributed by atoms with van der Waals surface area (Å²) in [6.45, 7) is 5.44. The highest BCUT2D eigenvalue weighted by Gasteiger charge is 2.17. The third kappa shape index (κ3) is 4.13. The van der Waals surface area contributed by atoms with Gasteiger partial charge in [-0.2, -0.15) is 9.67 Å². The maximum absolute atomic E-state index is 11.6. The molecule has 0 fully saturated rings. The Morgan fingerprint density at radius 1 is 1.38 bits per heavy atom. The van der Waals surface area contributed by atoms with Crippen molar-refractivity contribution in [2.75, 3.05) is 5.73 Å². The van der Waals surface area contributed by atoms with E-state index in [1.165, 1.54) is 4.68 Å². The molecule has 0 radical (unpaired) electrons. The maximum Gasteiger partial charge on any atom is 0.408 e. The van der Waals surface area contributed by atoms with E-state index in [0.29, 0.717) is 11.8 Å². The Balaban J connectivity index is 2.09. The number of nitrogens with zero attached hydrogens (tertiary/aromatic N) is 5. The molecule has 0 spiro atoms. The highest BCUT2D eigenvalue weighted by molar-refractivity contribution is 5.67. The largest absolute Gasteiger partial charge is 0.444 e. The standard InChI is InChI=1S/C12H17N7O2/c1-12(2,3)21-11(20)16-7-8-17-9(13)18-19(8)10-14-5-4-6-15-10/h4-6H,7H2,1-3H3,(H2,13,18)(H,16,20). The Kier molecular flexibility index (Phi) is 4.01. The SMILES string of the molecule is CC(C)(C)OC(=O)NCc1nc(N)nn1-c1ncccn1. The number of nitrogens with one attached hydrogen (secondary N) is 1. The molecule has 3 N–H and O–H groups in total. The summed E-state index contributed by atoms with van der Waals surface area (Å²) in [5.41, 5.74) is 5.01. The molecule has 1 amide bonds. The lowest BCUT2D eigenvalue weighted by Gasteiger charge is -2.19. The second-order valence-corrected chi connectivity index (χ2v) is 5.20. The number of anilines is 1. The van der Waals surface area contributed by atoms with Crippen LogP contribution in [0.25, 0.3) is 5.95 Å². The van der Waals surface area contributed by atoms with Gasteiger partial charge in [-0.1, -0.05) is 0 Å². The molecule has 9 nitrogen and oxygen atoms in total. The van der Waals surface area contributed by atoms with Gasteiger partial charge in [0.15, 0.2) is 5.82 Å². The number of carbonyl (C=O) groups excluding carboxylic acids is 1. The zero-order chi connectivity index (χ0) is 15.5. The van der Waals surface area contributed by atoms with Crippen LogP contribution in [0, 0.1) is 0 Å². The van der Waals surface area contributed by atoms with Crippen LogP contribution in [-0.4, -0.2) is 36.4 Å². The first kappa shape index (κ1) is 14.7. The molecule has 0 saturated carbocycles. The minimum atomic E-state index is -0.570. The van der Waals surface area contributed by atoms with E-state index in [2.05, 4.69) is 25.4 Å². The number of nitrogens with two attached hydrogens (primary N) is 1. The van der Waals surface area contributed by atoms with Crippen LogP contribution < -0.4 is 11.1 Å². The molecule has 0 aromatic carbocycles. The molecule has 0 atom stereocenters. The number of carbonyl (C=O) groups is 1. The zero-order valence-electron chi connectivity index (χ0n) is 12.1. The van der Waals surface area contributed by atoms with E-state index < -0.39 is 11.7 Å². The van der Waals surface area contributed by atoms with Crippen LogP contribution in [-0.2, 0) is 11.3 Å². The van der Waals surface area contributed by atoms with Gasteiger partial charge in [0.2, 0.25) is 5.95 Å². The summed E-state index contributed by atoms with van der Waals surface area (Å²) in [7, 11) is 0. The lowest BCUT2D eigenvalue weighted by atomic mass is 10.2. The van der Waals surface area contributed by atoms with Crippen LogP contribution in [0.5, 0.6) is 0 Å². The summed E-state index contributed by atoms with van der Waals surface area (Å²) in [4.78, 5) is 23.8. The molecule has 0 aliphatic carbocycles. The lowest BCUT2D eigenvalue weighted by Crippen LogP contribution is -2.32. The van der Waals surface area contributed by atoms with Gasteiger partial charge in [-0.25, -0.2) is 14.8 Å². The van der Waals surface area contributed by atoms with Crippen molar-refractivity contribution < 1.29 is 9.53 Å². The molecule has 21 heavy (non-hydrogen) atoms. The number of aromatic nitrogens is 5. The van der Waals surface area contributed by atoms with E-state index in [0.717, 1.165) is 0 Å². The summed E-state index contributed by atoms with van der Waals surface area (Å²) in [6.07, 6.45) is 2.60. The fourth-order valence-corrected chi connectivity index (χ4v) is 1.50. The van der Waals surface area contributed by atoms with E-state index >= 15 is 0 Å². The third-order valence-corrected chi connectivity index (χ3v) is 2.22. The second kappa shape index (κ2) is 5.73. The van der Waals surface area contributed by atoms with Crippen molar-refractivity contribution in [3.05, 3.63) is 24.3 Å². The first-order valence-electron chi connectivity index (χ1n) is 6.31. The average molecular weight is 291 g/mol. The van der Waals surface area contributed by atoms with Gasteiger partial charge in [0.05, 0.1) is 6.54 Å². The molecule has 0 bridgehead atoms. The van der Waals surface area contributed by atoms with Crippen molar-refractivity contribution >= 4 is 12.0 Å². The monoisotopic (exact) mass is 291 g/mol. The molecule has 2 aromatic rings. The van der Waals surface area contributed by atoms with Crippen molar-refractivity contribution in [2.24, 2.45) is 0 Å². The quantitative estimate of drug-likeness (QED) is 0.852. The normalized spacial score (nSPS) is 11.2. The Bertz CT molecular complexity index is 618. The Morgan fingerprint density at radius 3 is 2.67 bits per heavy atom. The van der Waals surface area contributed by atoms with Crippen molar-refractivity contribution in [1.29, 1.82) is 0 Å². The number of amides is 1. The highest BCUT2D eigenvalue weighted by Crippen LogP contribution is 2.08. The molecule has 2 aromatic heterocycles. The molecular formula is C12H17N7O2. The van der Waals surface area contributed by atoms with Gasteiger partial charge in [-0.3, -0.25) is 0 Å². The average Bonchev–Trinajstić information content (AvgIpc) is 2.77. The van der Waals surface area contributed by atoms with Gasteiger partial charge >= 0.3 is 6.09 Å². The number of hydrogen-bond acceptors (Lipinski definition) is 7. The molecule has 0 aliphatic rings. The van der Waals surface area contributed by atoms with E-state index in [1.807, 2.05) is 0 Å². The predicted molar refractivity (Wildman–Crippen MR) is 74.4 cm³/mol. The first-order chi connectivity index (χ1) is 9.85. The number of hydrogen-bond donors (Lipinski definition) is 2. The number of rotatable bonds is 3. The van der Waals surface area contributed by atoms with Gasteiger partial charge in [-0.15, -0.1) is 5.10 Å². The van der Waals surface area contributed by atoms with E-state index in [-0.39, 0.29) is 12.5 Å².